The third-order valence-electron chi connectivity index (χ3n) is 4.75. The average molecular weight is 298 g/mol. The van der Waals surface area contributed by atoms with Gasteiger partial charge < -0.3 is 19.3 Å². The van der Waals surface area contributed by atoms with Gasteiger partial charge in [0.1, 0.15) is 0 Å². The maximum absolute atomic E-state index is 5.68. The molecule has 0 saturated carbocycles. The standard InChI is InChI=1S/C17H34N2O2/c1-15(2)20-11-9-18-7-5-17(13-18)6-8-19(14-17)10-12-21-16(3)4/h15-16H,5-14H2,1-4H3. The molecule has 0 aromatic carbocycles. The molecule has 1 spiro atoms. The quantitative estimate of drug-likeness (QED) is 0.686. The summed E-state index contributed by atoms with van der Waals surface area (Å²) in [5, 5.41) is 0. The third-order valence-corrected chi connectivity index (χ3v) is 4.75. The molecule has 2 fully saturated rings. The van der Waals surface area contributed by atoms with Crippen molar-refractivity contribution in [2.24, 2.45) is 5.41 Å². The highest BCUT2D eigenvalue weighted by Gasteiger charge is 2.42. The van der Waals surface area contributed by atoms with E-state index in [1.807, 2.05) is 0 Å². The van der Waals surface area contributed by atoms with Crippen molar-refractivity contribution in [3.63, 3.8) is 0 Å². The van der Waals surface area contributed by atoms with Gasteiger partial charge in [0.15, 0.2) is 0 Å². The van der Waals surface area contributed by atoms with Crippen LogP contribution in [0, 0.1) is 5.41 Å². The fourth-order valence-electron chi connectivity index (χ4n) is 3.61. The number of rotatable bonds is 8. The molecule has 2 aliphatic heterocycles. The Morgan fingerprint density at radius 3 is 1.62 bits per heavy atom. The molecule has 4 nitrogen and oxygen atoms in total. The Labute approximate surface area is 130 Å². The Bertz CT molecular complexity index is 277. The number of likely N-dealkylation sites (tertiary alicyclic amines) is 2. The summed E-state index contributed by atoms with van der Waals surface area (Å²) < 4.78 is 11.4. The molecular weight excluding hydrogens is 264 g/mol. The van der Waals surface area contributed by atoms with Crippen molar-refractivity contribution >= 4 is 0 Å². The first kappa shape index (κ1) is 17.2. The molecule has 21 heavy (non-hydrogen) atoms. The van der Waals surface area contributed by atoms with Crippen molar-refractivity contribution in [2.45, 2.75) is 52.7 Å². The monoisotopic (exact) mass is 298 g/mol. The molecule has 0 amide bonds. The molecular formula is C17H34N2O2. The van der Waals surface area contributed by atoms with E-state index < -0.39 is 0 Å². The lowest BCUT2D eigenvalue weighted by molar-refractivity contribution is 0.0584. The van der Waals surface area contributed by atoms with Crippen LogP contribution in [0.3, 0.4) is 0 Å². The van der Waals surface area contributed by atoms with E-state index >= 15 is 0 Å². The minimum absolute atomic E-state index is 0.351. The lowest BCUT2D eigenvalue weighted by Gasteiger charge is -2.25. The van der Waals surface area contributed by atoms with Gasteiger partial charge in [-0.2, -0.15) is 0 Å². The fourth-order valence-corrected chi connectivity index (χ4v) is 3.61. The minimum Gasteiger partial charge on any atom is -0.377 e. The van der Waals surface area contributed by atoms with E-state index in [-0.39, 0.29) is 0 Å². The van der Waals surface area contributed by atoms with Crippen LogP contribution in [0.15, 0.2) is 0 Å². The van der Waals surface area contributed by atoms with E-state index in [9.17, 15) is 0 Å². The third kappa shape index (κ3) is 5.51. The fraction of sp³-hybridized carbons (Fsp3) is 1.00. The molecule has 0 aromatic heterocycles. The largest absolute Gasteiger partial charge is 0.377 e. The van der Waals surface area contributed by atoms with Gasteiger partial charge in [0.05, 0.1) is 25.4 Å². The van der Waals surface area contributed by atoms with Gasteiger partial charge in [-0.05, 0) is 59.0 Å². The number of hydrogen-bond donors (Lipinski definition) is 0. The highest BCUT2D eigenvalue weighted by atomic mass is 16.5. The number of hydrogen-bond acceptors (Lipinski definition) is 4. The summed E-state index contributed by atoms with van der Waals surface area (Å²) >= 11 is 0. The van der Waals surface area contributed by atoms with E-state index in [0.717, 1.165) is 26.3 Å². The van der Waals surface area contributed by atoms with E-state index in [4.69, 9.17) is 9.47 Å². The molecule has 0 radical (unpaired) electrons. The summed E-state index contributed by atoms with van der Waals surface area (Å²) in [6, 6.07) is 0. The lowest BCUT2D eigenvalue weighted by Crippen LogP contribution is -2.33. The van der Waals surface area contributed by atoms with E-state index in [2.05, 4.69) is 37.5 Å². The highest BCUT2D eigenvalue weighted by molar-refractivity contribution is 4.96. The summed E-state index contributed by atoms with van der Waals surface area (Å²) in [4.78, 5) is 5.19. The summed E-state index contributed by atoms with van der Waals surface area (Å²) in [5.74, 6) is 0. The summed E-state index contributed by atoms with van der Waals surface area (Å²) in [6.45, 7) is 17.4. The Kier molecular flexibility index (Phi) is 6.48. The van der Waals surface area contributed by atoms with Crippen LogP contribution in [0.4, 0.5) is 0 Å². The Hall–Kier alpha value is -0.160. The molecule has 124 valence electrons. The first-order valence-corrected chi connectivity index (χ1v) is 8.67. The average Bonchev–Trinajstić information content (AvgIpc) is 2.97. The molecule has 4 heteroatoms. The van der Waals surface area contributed by atoms with Crippen LogP contribution in [0.25, 0.3) is 0 Å². The van der Waals surface area contributed by atoms with Gasteiger partial charge in [0, 0.05) is 26.2 Å². The second kappa shape index (κ2) is 7.91. The molecule has 2 aliphatic rings. The molecule has 2 saturated heterocycles. The van der Waals surface area contributed by atoms with Gasteiger partial charge in [-0.15, -0.1) is 0 Å². The van der Waals surface area contributed by atoms with Gasteiger partial charge in [-0.3, -0.25) is 0 Å². The van der Waals surface area contributed by atoms with Crippen molar-refractivity contribution in [1.82, 2.24) is 9.80 Å². The lowest BCUT2D eigenvalue weighted by atomic mass is 9.86. The molecule has 0 bridgehead atoms. The van der Waals surface area contributed by atoms with Crippen molar-refractivity contribution in [3.05, 3.63) is 0 Å². The van der Waals surface area contributed by atoms with Crippen LogP contribution in [-0.4, -0.2) is 74.5 Å². The zero-order chi connectivity index (χ0) is 15.3. The maximum Gasteiger partial charge on any atom is 0.0596 e. The summed E-state index contributed by atoms with van der Waals surface area (Å²) in [7, 11) is 0. The van der Waals surface area contributed by atoms with Gasteiger partial charge in [0.25, 0.3) is 0 Å². The molecule has 0 atom stereocenters. The Morgan fingerprint density at radius 1 is 0.810 bits per heavy atom. The Balaban J connectivity index is 1.66. The van der Waals surface area contributed by atoms with Crippen molar-refractivity contribution in [2.75, 3.05) is 52.5 Å². The van der Waals surface area contributed by atoms with Gasteiger partial charge in [-0.1, -0.05) is 0 Å². The number of ether oxygens (including phenoxy) is 2. The summed E-state index contributed by atoms with van der Waals surface area (Å²) in [6.07, 6.45) is 3.42. The van der Waals surface area contributed by atoms with Crippen LogP contribution in [0.2, 0.25) is 0 Å². The summed E-state index contributed by atoms with van der Waals surface area (Å²) in [5.41, 5.74) is 0.551. The predicted molar refractivity (Wildman–Crippen MR) is 86.7 cm³/mol. The minimum atomic E-state index is 0.351. The van der Waals surface area contributed by atoms with Crippen LogP contribution < -0.4 is 0 Å². The topological polar surface area (TPSA) is 24.9 Å². The zero-order valence-corrected chi connectivity index (χ0v) is 14.4. The second-order valence-electron chi connectivity index (χ2n) is 7.39. The van der Waals surface area contributed by atoms with Crippen LogP contribution in [0.5, 0.6) is 0 Å². The van der Waals surface area contributed by atoms with Crippen molar-refractivity contribution in [1.29, 1.82) is 0 Å². The first-order chi connectivity index (χ1) is 9.99. The molecule has 0 aliphatic carbocycles. The molecule has 2 rings (SSSR count). The zero-order valence-electron chi connectivity index (χ0n) is 14.4. The second-order valence-corrected chi connectivity index (χ2v) is 7.39. The SMILES string of the molecule is CC(C)OCCN1CCC2(CCN(CCOC(C)C)C2)C1. The first-order valence-electron chi connectivity index (χ1n) is 8.67. The van der Waals surface area contributed by atoms with Gasteiger partial charge in [-0.25, -0.2) is 0 Å². The van der Waals surface area contributed by atoms with E-state index in [0.29, 0.717) is 17.6 Å². The van der Waals surface area contributed by atoms with Crippen molar-refractivity contribution < 1.29 is 9.47 Å². The molecule has 0 N–H and O–H groups in total. The maximum atomic E-state index is 5.68. The van der Waals surface area contributed by atoms with Gasteiger partial charge in [0.2, 0.25) is 0 Å². The Morgan fingerprint density at radius 2 is 1.24 bits per heavy atom. The smallest absolute Gasteiger partial charge is 0.0596 e. The normalized spacial score (nSPS) is 23.1. The van der Waals surface area contributed by atoms with E-state index in [1.165, 1.54) is 39.0 Å². The molecule has 2 heterocycles. The predicted octanol–water partition coefficient (Wildman–Crippen LogP) is 2.23. The highest BCUT2D eigenvalue weighted by Crippen LogP contribution is 2.39. The molecule has 0 aromatic rings. The van der Waals surface area contributed by atoms with Crippen LogP contribution in [0.1, 0.15) is 40.5 Å². The van der Waals surface area contributed by atoms with E-state index in [1.54, 1.807) is 0 Å². The number of nitrogens with zero attached hydrogens (tertiary/aromatic N) is 2. The van der Waals surface area contributed by atoms with Crippen LogP contribution in [-0.2, 0) is 9.47 Å². The van der Waals surface area contributed by atoms with Gasteiger partial charge >= 0.3 is 0 Å². The van der Waals surface area contributed by atoms with Crippen molar-refractivity contribution in [3.8, 4) is 0 Å². The molecule has 0 unspecified atom stereocenters. The van der Waals surface area contributed by atoms with Crippen LogP contribution >= 0.6 is 0 Å².